The average Bonchev–Trinajstić information content (AvgIpc) is 3.23. The van der Waals surface area contributed by atoms with Gasteiger partial charge in [0.25, 0.3) is 0 Å². The Balaban J connectivity index is 1.67. The summed E-state index contributed by atoms with van der Waals surface area (Å²) in [5, 5.41) is -0.662. The van der Waals surface area contributed by atoms with Crippen LogP contribution in [0, 0.1) is 17.3 Å². The highest BCUT2D eigenvalue weighted by Gasteiger charge is 2.62. The molecule has 0 saturated heterocycles. The molecule has 166 valence electrons. The van der Waals surface area contributed by atoms with Crippen LogP contribution in [0.1, 0.15) is 32.6 Å². The number of alkyl halides is 3. The fraction of sp³-hybridized carbons (Fsp3) is 0.364. The molecular formula is C22H20Cl2F3NO3. The summed E-state index contributed by atoms with van der Waals surface area (Å²) in [6.07, 6.45) is -4.48. The van der Waals surface area contributed by atoms with Gasteiger partial charge < -0.3 is 9.47 Å². The third-order valence-electron chi connectivity index (χ3n) is 5.25. The van der Waals surface area contributed by atoms with Gasteiger partial charge in [-0.15, -0.1) is 0 Å². The van der Waals surface area contributed by atoms with Crippen LogP contribution in [0.2, 0.25) is 5.02 Å². The highest BCUT2D eigenvalue weighted by molar-refractivity contribution is 6.30. The molecule has 0 amide bonds. The Morgan fingerprint density at radius 2 is 1.84 bits per heavy atom. The van der Waals surface area contributed by atoms with Crippen molar-refractivity contribution in [3.63, 3.8) is 0 Å². The first kappa shape index (κ1) is 23.4. The zero-order chi connectivity index (χ0) is 23.0. The Kier molecular flexibility index (Phi) is 6.58. The van der Waals surface area contributed by atoms with Gasteiger partial charge in [-0.2, -0.15) is 13.2 Å². The topological polar surface area (TPSA) is 48.4 Å². The molecule has 1 aromatic heterocycles. The fourth-order valence-electron chi connectivity index (χ4n) is 3.34. The van der Waals surface area contributed by atoms with Crippen LogP contribution in [0.25, 0.3) is 0 Å². The van der Waals surface area contributed by atoms with Crippen LogP contribution in [0.5, 0.6) is 11.6 Å². The summed E-state index contributed by atoms with van der Waals surface area (Å²) >= 11 is 11.2. The van der Waals surface area contributed by atoms with Crippen molar-refractivity contribution in [1.82, 2.24) is 4.98 Å². The average molecular weight is 474 g/mol. The highest BCUT2D eigenvalue weighted by atomic mass is 35.5. The number of pyridine rings is 1. The minimum Gasteiger partial charge on any atom is -0.456 e. The van der Waals surface area contributed by atoms with Crippen molar-refractivity contribution >= 4 is 29.2 Å². The van der Waals surface area contributed by atoms with Crippen molar-refractivity contribution in [2.45, 2.75) is 33.1 Å². The van der Waals surface area contributed by atoms with E-state index in [0.29, 0.717) is 22.3 Å². The number of carbonyl (C=O) groups is 1. The first-order valence-electron chi connectivity index (χ1n) is 9.45. The van der Waals surface area contributed by atoms with Gasteiger partial charge >= 0.3 is 12.1 Å². The second kappa shape index (κ2) is 8.71. The summed E-state index contributed by atoms with van der Waals surface area (Å²) in [4.78, 5) is 17.0. The number of nitrogens with zero attached hydrogens (tertiary/aromatic N) is 1. The summed E-state index contributed by atoms with van der Waals surface area (Å²) in [5.41, 5.74) is -0.242. The second-order valence-corrected chi connectivity index (χ2v) is 8.72. The maximum absolute atomic E-state index is 12.7. The summed E-state index contributed by atoms with van der Waals surface area (Å²) in [6.45, 7) is 5.03. The molecule has 1 aromatic carbocycles. The van der Waals surface area contributed by atoms with E-state index in [1.165, 1.54) is 0 Å². The molecule has 3 rings (SSSR count). The number of hydrogen-bond acceptors (Lipinski definition) is 4. The summed E-state index contributed by atoms with van der Waals surface area (Å²) in [7, 11) is 0. The molecule has 0 radical (unpaired) electrons. The number of esters is 1. The van der Waals surface area contributed by atoms with Crippen molar-refractivity contribution in [1.29, 1.82) is 0 Å². The van der Waals surface area contributed by atoms with Gasteiger partial charge in [-0.1, -0.05) is 49.2 Å². The molecule has 9 heteroatoms. The molecular weight excluding hydrogens is 454 g/mol. The molecule has 3 atom stereocenters. The van der Waals surface area contributed by atoms with Gasteiger partial charge in [0.15, 0.2) is 0 Å². The van der Waals surface area contributed by atoms with Crippen LogP contribution in [-0.4, -0.2) is 17.1 Å². The van der Waals surface area contributed by atoms with E-state index in [-0.39, 0.29) is 0 Å². The van der Waals surface area contributed by atoms with Crippen molar-refractivity contribution in [2.24, 2.45) is 17.3 Å². The molecule has 1 fully saturated rings. The second-order valence-electron chi connectivity index (χ2n) is 7.87. The molecule has 0 bridgehead atoms. The van der Waals surface area contributed by atoms with Crippen LogP contribution >= 0.6 is 23.2 Å². The van der Waals surface area contributed by atoms with Crippen molar-refractivity contribution < 1.29 is 27.4 Å². The molecule has 4 nitrogen and oxygen atoms in total. The maximum Gasteiger partial charge on any atom is 0.426 e. The van der Waals surface area contributed by atoms with E-state index in [9.17, 15) is 18.0 Å². The van der Waals surface area contributed by atoms with Gasteiger partial charge in [0, 0.05) is 11.1 Å². The van der Waals surface area contributed by atoms with Crippen LogP contribution < -0.4 is 4.74 Å². The van der Waals surface area contributed by atoms with E-state index in [4.69, 9.17) is 32.7 Å². The van der Waals surface area contributed by atoms with E-state index >= 15 is 0 Å². The standard InChI is InChI=1S/C22H20Cl2F3NO3/c1-12(16-5-4-6-18(28-16)31-14-9-7-13(23)8-10-14)30-20(29)19-15(21(19,2)3)11-17(24)22(25,26)27/h4-12,15,19H,1-3H3. The minimum absolute atomic E-state index is 0.298. The van der Waals surface area contributed by atoms with Gasteiger partial charge in [0.1, 0.15) is 16.9 Å². The van der Waals surface area contributed by atoms with E-state index in [0.717, 1.165) is 6.08 Å². The first-order valence-corrected chi connectivity index (χ1v) is 10.2. The highest BCUT2D eigenvalue weighted by Crippen LogP contribution is 2.60. The Morgan fingerprint density at radius 3 is 2.45 bits per heavy atom. The smallest absolute Gasteiger partial charge is 0.426 e. The number of allylic oxidation sites excluding steroid dienone is 2. The van der Waals surface area contributed by atoms with Crippen LogP contribution in [0.15, 0.2) is 53.6 Å². The van der Waals surface area contributed by atoms with Gasteiger partial charge in [0.05, 0.1) is 11.6 Å². The number of benzene rings is 1. The lowest BCUT2D eigenvalue weighted by molar-refractivity contribution is -0.151. The third-order valence-corrected chi connectivity index (χ3v) is 5.84. The zero-order valence-electron chi connectivity index (χ0n) is 16.9. The normalized spacial score (nSPS) is 21.4. The maximum atomic E-state index is 12.7. The van der Waals surface area contributed by atoms with Gasteiger partial charge in [-0.05, 0) is 48.6 Å². The zero-order valence-corrected chi connectivity index (χ0v) is 18.4. The van der Waals surface area contributed by atoms with E-state index < -0.39 is 40.5 Å². The van der Waals surface area contributed by atoms with Gasteiger partial charge in [0.2, 0.25) is 5.88 Å². The van der Waals surface area contributed by atoms with Crippen LogP contribution in [-0.2, 0) is 9.53 Å². The predicted octanol–water partition coefficient (Wildman–Crippen LogP) is 7.09. The van der Waals surface area contributed by atoms with Gasteiger partial charge in [-0.3, -0.25) is 4.79 Å². The monoisotopic (exact) mass is 473 g/mol. The molecule has 0 spiro atoms. The lowest BCUT2D eigenvalue weighted by Crippen LogP contribution is -2.14. The molecule has 1 heterocycles. The molecule has 1 aliphatic carbocycles. The quantitative estimate of drug-likeness (QED) is 0.420. The van der Waals surface area contributed by atoms with Crippen molar-refractivity contribution in [2.75, 3.05) is 0 Å². The molecule has 1 saturated carbocycles. The largest absolute Gasteiger partial charge is 0.456 e. The number of carbonyl (C=O) groups excluding carboxylic acids is 1. The molecule has 0 aliphatic heterocycles. The molecule has 31 heavy (non-hydrogen) atoms. The lowest BCUT2D eigenvalue weighted by atomic mass is 10.1. The summed E-state index contributed by atoms with van der Waals surface area (Å²) in [5.74, 6) is -1.15. The Morgan fingerprint density at radius 1 is 1.19 bits per heavy atom. The Hall–Kier alpha value is -2.25. The first-order chi connectivity index (χ1) is 14.4. The molecule has 3 unspecified atom stereocenters. The molecule has 0 N–H and O–H groups in total. The Bertz CT molecular complexity index is 990. The fourth-order valence-corrected chi connectivity index (χ4v) is 3.60. The number of ether oxygens (including phenoxy) is 2. The number of hydrogen-bond donors (Lipinski definition) is 0. The number of halogens is 5. The minimum atomic E-state index is -4.64. The lowest BCUT2D eigenvalue weighted by Gasteiger charge is -2.14. The molecule has 1 aliphatic rings. The SMILES string of the molecule is CC(OC(=O)C1C(C=C(Cl)C(F)(F)F)C1(C)C)c1cccc(Oc2ccc(Cl)cc2)n1. The van der Waals surface area contributed by atoms with Crippen LogP contribution in [0.4, 0.5) is 13.2 Å². The molecule has 2 aromatic rings. The van der Waals surface area contributed by atoms with Crippen molar-refractivity contribution in [3.8, 4) is 11.6 Å². The van der Waals surface area contributed by atoms with E-state index in [1.807, 2.05) is 0 Å². The Labute approximate surface area is 188 Å². The number of rotatable bonds is 6. The third kappa shape index (κ3) is 5.52. The van der Waals surface area contributed by atoms with E-state index in [1.54, 1.807) is 63.2 Å². The van der Waals surface area contributed by atoms with Gasteiger partial charge in [-0.25, -0.2) is 4.98 Å². The van der Waals surface area contributed by atoms with E-state index in [2.05, 4.69) is 4.98 Å². The summed E-state index contributed by atoms with van der Waals surface area (Å²) < 4.78 is 49.3. The predicted molar refractivity (Wildman–Crippen MR) is 111 cm³/mol. The van der Waals surface area contributed by atoms with Crippen LogP contribution in [0.3, 0.4) is 0 Å². The summed E-state index contributed by atoms with van der Waals surface area (Å²) in [6, 6.07) is 11.8. The number of aromatic nitrogens is 1. The van der Waals surface area contributed by atoms with Crippen molar-refractivity contribution in [3.05, 3.63) is 64.3 Å².